The van der Waals surface area contributed by atoms with E-state index in [9.17, 15) is 10.2 Å². The second-order valence-electron chi connectivity index (χ2n) is 6.35. The lowest BCUT2D eigenvalue weighted by molar-refractivity contribution is 0.100. The van der Waals surface area contributed by atoms with Gasteiger partial charge in [0.15, 0.2) is 0 Å². The number of hydrogen-bond donors (Lipinski definition) is 2. The number of benzene rings is 2. The number of aliphatic hydroxyl groups is 1. The van der Waals surface area contributed by atoms with E-state index in [1.165, 1.54) is 5.56 Å². The summed E-state index contributed by atoms with van der Waals surface area (Å²) in [7, 11) is 0. The smallest absolute Gasteiger partial charge is 0.119 e. The Labute approximate surface area is 153 Å². The summed E-state index contributed by atoms with van der Waals surface area (Å²) in [5.41, 5.74) is 3.42. The maximum Gasteiger partial charge on any atom is 0.119 e. The standard InChI is InChI=1S/C22H23NO3/c24-20-8-3-17(4-9-20)14-18-6-11-22(12-7-18)26-16-21(25)10-5-19-2-1-13-23-15-19/h1-4,6-9,11-13,15,21,24-25H,5,10,14,16H2. The van der Waals surface area contributed by atoms with Crippen molar-refractivity contribution in [3.8, 4) is 11.5 Å². The molecule has 0 radical (unpaired) electrons. The van der Waals surface area contributed by atoms with Crippen LogP contribution in [0.1, 0.15) is 23.1 Å². The third-order valence-corrected chi connectivity index (χ3v) is 4.20. The van der Waals surface area contributed by atoms with E-state index in [2.05, 4.69) is 4.98 Å². The lowest BCUT2D eigenvalue weighted by Crippen LogP contribution is -2.18. The Bertz CT molecular complexity index is 786. The highest BCUT2D eigenvalue weighted by Gasteiger charge is 2.06. The van der Waals surface area contributed by atoms with E-state index in [4.69, 9.17) is 4.74 Å². The van der Waals surface area contributed by atoms with Crippen molar-refractivity contribution < 1.29 is 14.9 Å². The fourth-order valence-electron chi connectivity index (χ4n) is 2.71. The van der Waals surface area contributed by atoms with Crippen molar-refractivity contribution in [3.63, 3.8) is 0 Å². The summed E-state index contributed by atoms with van der Waals surface area (Å²) in [5, 5.41) is 19.4. The van der Waals surface area contributed by atoms with Crippen LogP contribution in [0.4, 0.5) is 0 Å². The molecular formula is C22H23NO3. The molecule has 0 aliphatic carbocycles. The molecule has 0 spiro atoms. The zero-order valence-electron chi connectivity index (χ0n) is 14.6. The number of phenols is 1. The molecule has 0 bridgehead atoms. The number of rotatable bonds is 8. The maximum absolute atomic E-state index is 10.1. The number of phenolic OH excluding ortho intramolecular Hbond substituents is 1. The van der Waals surface area contributed by atoms with Gasteiger partial charge in [0, 0.05) is 12.4 Å². The van der Waals surface area contributed by atoms with Crippen LogP contribution < -0.4 is 4.74 Å². The average Bonchev–Trinajstić information content (AvgIpc) is 2.68. The molecule has 0 saturated carbocycles. The second kappa shape index (κ2) is 9.02. The van der Waals surface area contributed by atoms with Crippen LogP contribution >= 0.6 is 0 Å². The quantitative estimate of drug-likeness (QED) is 0.650. The topological polar surface area (TPSA) is 62.6 Å². The summed E-state index contributed by atoms with van der Waals surface area (Å²) in [6.07, 6.45) is 5.28. The van der Waals surface area contributed by atoms with Crippen molar-refractivity contribution in [1.82, 2.24) is 4.98 Å². The summed E-state index contributed by atoms with van der Waals surface area (Å²) in [4.78, 5) is 4.07. The van der Waals surface area contributed by atoms with E-state index in [0.29, 0.717) is 6.42 Å². The maximum atomic E-state index is 10.1. The zero-order valence-corrected chi connectivity index (χ0v) is 14.6. The van der Waals surface area contributed by atoms with Crippen LogP contribution in [0.15, 0.2) is 73.1 Å². The predicted molar refractivity (Wildman–Crippen MR) is 101 cm³/mol. The van der Waals surface area contributed by atoms with Gasteiger partial charge in [0.05, 0.1) is 6.10 Å². The molecule has 0 amide bonds. The van der Waals surface area contributed by atoms with Crippen LogP contribution in [0.25, 0.3) is 0 Å². The van der Waals surface area contributed by atoms with Crippen molar-refractivity contribution in [2.45, 2.75) is 25.4 Å². The SMILES string of the molecule is Oc1ccc(Cc2ccc(OCC(O)CCc3cccnc3)cc2)cc1. The molecule has 2 N–H and O–H groups in total. The Kier molecular flexibility index (Phi) is 6.23. The van der Waals surface area contributed by atoms with Gasteiger partial charge in [-0.3, -0.25) is 4.98 Å². The number of aromatic hydroxyl groups is 1. The molecule has 1 unspecified atom stereocenters. The van der Waals surface area contributed by atoms with Crippen molar-refractivity contribution in [1.29, 1.82) is 0 Å². The molecule has 0 aliphatic rings. The Morgan fingerprint density at radius 2 is 1.58 bits per heavy atom. The number of hydrogen-bond acceptors (Lipinski definition) is 4. The lowest BCUT2D eigenvalue weighted by Gasteiger charge is -2.12. The first-order valence-electron chi connectivity index (χ1n) is 8.75. The van der Waals surface area contributed by atoms with Crippen LogP contribution in [0, 0.1) is 0 Å². The summed E-state index contributed by atoms with van der Waals surface area (Å²) < 4.78 is 5.68. The first-order chi connectivity index (χ1) is 12.7. The third-order valence-electron chi connectivity index (χ3n) is 4.20. The number of pyridine rings is 1. The fraction of sp³-hybridized carbons (Fsp3) is 0.227. The Morgan fingerprint density at radius 3 is 2.23 bits per heavy atom. The minimum atomic E-state index is -0.508. The van der Waals surface area contributed by atoms with Gasteiger partial charge in [0.1, 0.15) is 18.1 Å². The number of nitrogens with zero attached hydrogens (tertiary/aromatic N) is 1. The van der Waals surface area contributed by atoms with Gasteiger partial charge in [-0.1, -0.05) is 30.3 Å². The molecule has 4 heteroatoms. The number of ether oxygens (including phenoxy) is 1. The molecule has 134 valence electrons. The summed E-state index contributed by atoms with van der Waals surface area (Å²) >= 11 is 0. The molecule has 2 aromatic carbocycles. The molecule has 1 heterocycles. The van der Waals surface area contributed by atoms with Gasteiger partial charge in [-0.15, -0.1) is 0 Å². The molecule has 4 nitrogen and oxygen atoms in total. The van der Waals surface area contributed by atoms with E-state index >= 15 is 0 Å². The summed E-state index contributed by atoms with van der Waals surface area (Å²) in [6, 6.07) is 19.0. The Balaban J connectivity index is 1.44. The molecule has 26 heavy (non-hydrogen) atoms. The minimum absolute atomic E-state index is 0.275. The molecular weight excluding hydrogens is 326 g/mol. The van der Waals surface area contributed by atoms with Crippen molar-refractivity contribution in [2.24, 2.45) is 0 Å². The Morgan fingerprint density at radius 1 is 0.885 bits per heavy atom. The monoisotopic (exact) mass is 349 g/mol. The molecule has 3 aromatic rings. The van der Waals surface area contributed by atoms with E-state index in [1.807, 2.05) is 54.7 Å². The Hall–Kier alpha value is -2.85. The highest BCUT2D eigenvalue weighted by molar-refractivity contribution is 5.33. The molecule has 0 saturated heterocycles. The molecule has 3 rings (SSSR count). The molecule has 0 aliphatic heterocycles. The highest BCUT2D eigenvalue weighted by atomic mass is 16.5. The van der Waals surface area contributed by atoms with Crippen molar-refractivity contribution >= 4 is 0 Å². The van der Waals surface area contributed by atoms with Gasteiger partial charge in [0.25, 0.3) is 0 Å². The van der Waals surface area contributed by atoms with Crippen LogP contribution in [-0.4, -0.2) is 27.9 Å². The number of aliphatic hydroxyl groups excluding tert-OH is 1. The van der Waals surface area contributed by atoms with Gasteiger partial charge in [0.2, 0.25) is 0 Å². The second-order valence-corrected chi connectivity index (χ2v) is 6.35. The molecule has 1 atom stereocenters. The van der Waals surface area contributed by atoms with Gasteiger partial charge in [-0.25, -0.2) is 0 Å². The summed E-state index contributed by atoms with van der Waals surface area (Å²) in [6.45, 7) is 0.275. The van der Waals surface area contributed by atoms with Gasteiger partial charge < -0.3 is 14.9 Å². The van der Waals surface area contributed by atoms with Crippen LogP contribution in [-0.2, 0) is 12.8 Å². The van der Waals surface area contributed by atoms with Crippen LogP contribution in [0.2, 0.25) is 0 Å². The van der Waals surface area contributed by atoms with Gasteiger partial charge in [-0.05, 0) is 66.3 Å². The van der Waals surface area contributed by atoms with Crippen LogP contribution in [0.5, 0.6) is 11.5 Å². The highest BCUT2D eigenvalue weighted by Crippen LogP contribution is 2.17. The molecule has 0 fully saturated rings. The number of aromatic nitrogens is 1. The average molecular weight is 349 g/mol. The van der Waals surface area contributed by atoms with E-state index in [0.717, 1.165) is 29.7 Å². The first-order valence-corrected chi connectivity index (χ1v) is 8.75. The largest absolute Gasteiger partial charge is 0.508 e. The summed E-state index contributed by atoms with van der Waals surface area (Å²) in [5.74, 6) is 1.03. The molecule has 1 aromatic heterocycles. The van der Waals surface area contributed by atoms with E-state index < -0.39 is 6.10 Å². The zero-order chi connectivity index (χ0) is 18.2. The first kappa shape index (κ1) is 18.0. The third kappa shape index (κ3) is 5.60. The lowest BCUT2D eigenvalue weighted by atomic mass is 10.0. The van der Waals surface area contributed by atoms with Crippen molar-refractivity contribution in [2.75, 3.05) is 6.61 Å². The van der Waals surface area contributed by atoms with E-state index in [-0.39, 0.29) is 12.4 Å². The normalized spacial score (nSPS) is 11.9. The van der Waals surface area contributed by atoms with Crippen molar-refractivity contribution in [3.05, 3.63) is 89.7 Å². The van der Waals surface area contributed by atoms with Gasteiger partial charge >= 0.3 is 0 Å². The minimum Gasteiger partial charge on any atom is -0.508 e. The van der Waals surface area contributed by atoms with Gasteiger partial charge in [-0.2, -0.15) is 0 Å². The van der Waals surface area contributed by atoms with Crippen LogP contribution in [0.3, 0.4) is 0 Å². The van der Waals surface area contributed by atoms with E-state index in [1.54, 1.807) is 18.3 Å². The number of aryl methyl sites for hydroxylation is 1. The predicted octanol–water partition coefficient (Wildman–Crippen LogP) is 3.75. The fourth-order valence-corrected chi connectivity index (χ4v) is 2.71.